The van der Waals surface area contributed by atoms with Crippen molar-refractivity contribution < 1.29 is 14.3 Å². The maximum atomic E-state index is 12.5. The highest BCUT2D eigenvalue weighted by Gasteiger charge is 2.34. The van der Waals surface area contributed by atoms with Crippen LogP contribution in [0.25, 0.3) is 0 Å². The Balaban J connectivity index is 2.88. The number of ether oxygens (including phenoxy) is 1. The normalized spacial score (nSPS) is 25.4. The van der Waals surface area contributed by atoms with Gasteiger partial charge in [-0.3, -0.25) is 0 Å². The molecule has 0 spiro atoms. The van der Waals surface area contributed by atoms with Gasteiger partial charge in [-0.15, -0.1) is 0 Å². The molecule has 1 aliphatic rings. The van der Waals surface area contributed by atoms with E-state index in [0.29, 0.717) is 5.92 Å². The van der Waals surface area contributed by atoms with Gasteiger partial charge in [0.15, 0.2) is 0 Å². The fourth-order valence-corrected chi connectivity index (χ4v) is 3.32. The standard InChI is InChI=1S/C18H31NO3/c1-11(2)16-9-17(14(7)8-15(16)10-20)22-18(21)19(12(3)4)13(5)6/h8,10-13,15-17H,9H2,1-7H3/t15-,16-,17-/m1/s1. The molecule has 126 valence electrons. The van der Waals surface area contributed by atoms with Crippen LogP contribution in [0.5, 0.6) is 0 Å². The number of nitrogens with zero attached hydrogens (tertiary/aromatic N) is 1. The second kappa shape index (κ2) is 7.80. The quantitative estimate of drug-likeness (QED) is 0.568. The van der Waals surface area contributed by atoms with Gasteiger partial charge < -0.3 is 14.4 Å². The maximum absolute atomic E-state index is 12.5. The Morgan fingerprint density at radius 2 is 1.77 bits per heavy atom. The van der Waals surface area contributed by atoms with Crippen LogP contribution in [0, 0.1) is 17.8 Å². The molecule has 0 bridgehead atoms. The van der Waals surface area contributed by atoms with E-state index in [-0.39, 0.29) is 36.1 Å². The summed E-state index contributed by atoms with van der Waals surface area (Å²) in [6.07, 6.45) is 3.21. The van der Waals surface area contributed by atoms with Gasteiger partial charge in [0, 0.05) is 18.0 Å². The molecule has 0 aromatic heterocycles. The lowest BCUT2D eigenvalue weighted by Crippen LogP contribution is -2.45. The van der Waals surface area contributed by atoms with E-state index >= 15 is 0 Å². The lowest BCUT2D eigenvalue weighted by Gasteiger charge is -2.36. The zero-order valence-corrected chi connectivity index (χ0v) is 15.0. The second-order valence-electron chi connectivity index (χ2n) is 7.23. The van der Waals surface area contributed by atoms with E-state index in [1.165, 1.54) is 0 Å². The van der Waals surface area contributed by atoms with Crippen molar-refractivity contribution in [2.24, 2.45) is 17.8 Å². The molecule has 3 atom stereocenters. The highest BCUT2D eigenvalue weighted by molar-refractivity contribution is 5.69. The predicted molar refractivity (Wildman–Crippen MR) is 88.6 cm³/mol. The molecular formula is C18H31NO3. The number of hydrogen-bond donors (Lipinski definition) is 0. The molecule has 4 nitrogen and oxygen atoms in total. The first-order valence-electron chi connectivity index (χ1n) is 8.31. The van der Waals surface area contributed by atoms with Crippen LogP contribution in [0.3, 0.4) is 0 Å². The molecule has 1 rings (SSSR count). The second-order valence-corrected chi connectivity index (χ2v) is 7.23. The summed E-state index contributed by atoms with van der Waals surface area (Å²) in [4.78, 5) is 25.5. The van der Waals surface area contributed by atoms with Crippen LogP contribution in [-0.2, 0) is 9.53 Å². The van der Waals surface area contributed by atoms with Gasteiger partial charge in [-0.1, -0.05) is 19.9 Å². The summed E-state index contributed by atoms with van der Waals surface area (Å²) in [7, 11) is 0. The fourth-order valence-electron chi connectivity index (χ4n) is 3.32. The monoisotopic (exact) mass is 309 g/mol. The summed E-state index contributed by atoms with van der Waals surface area (Å²) >= 11 is 0. The lowest BCUT2D eigenvalue weighted by molar-refractivity contribution is -0.112. The first-order chi connectivity index (χ1) is 10.2. The van der Waals surface area contributed by atoms with E-state index in [1.807, 2.05) is 40.7 Å². The van der Waals surface area contributed by atoms with Crippen molar-refractivity contribution in [1.29, 1.82) is 0 Å². The molecule has 0 fully saturated rings. The summed E-state index contributed by atoms with van der Waals surface area (Å²) in [6, 6.07) is 0.202. The third-order valence-corrected chi connectivity index (χ3v) is 4.52. The van der Waals surface area contributed by atoms with E-state index in [2.05, 4.69) is 13.8 Å². The molecule has 4 heteroatoms. The molecule has 0 N–H and O–H groups in total. The van der Waals surface area contributed by atoms with Gasteiger partial charge in [-0.05, 0) is 58.4 Å². The molecule has 22 heavy (non-hydrogen) atoms. The summed E-state index contributed by atoms with van der Waals surface area (Å²) in [5.41, 5.74) is 0.981. The van der Waals surface area contributed by atoms with Gasteiger partial charge in [-0.2, -0.15) is 0 Å². The highest BCUT2D eigenvalue weighted by atomic mass is 16.6. The van der Waals surface area contributed by atoms with Crippen molar-refractivity contribution in [2.75, 3.05) is 0 Å². The van der Waals surface area contributed by atoms with Gasteiger partial charge in [0.25, 0.3) is 0 Å². The van der Waals surface area contributed by atoms with E-state index < -0.39 is 0 Å². The first kappa shape index (κ1) is 18.7. The van der Waals surface area contributed by atoms with E-state index in [4.69, 9.17) is 4.74 Å². The van der Waals surface area contributed by atoms with Gasteiger partial charge in [0.1, 0.15) is 12.4 Å². The van der Waals surface area contributed by atoms with E-state index in [9.17, 15) is 9.59 Å². The average Bonchev–Trinajstić information content (AvgIpc) is 2.39. The molecule has 1 amide bonds. The van der Waals surface area contributed by atoms with Crippen molar-refractivity contribution in [3.05, 3.63) is 11.6 Å². The SMILES string of the molecule is CC1=C[C@H](C=O)[C@@H](C(C)C)C[C@H]1OC(=O)N(C(C)C)C(C)C. The third kappa shape index (κ3) is 4.34. The molecule has 0 saturated heterocycles. The van der Waals surface area contributed by atoms with Crippen LogP contribution in [0.4, 0.5) is 4.79 Å². The van der Waals surface area contributed by atoms with Crippen molar-refractivity contribution in [3.63, 3.8) is 0 Å². The third-order valence-electron chi connectivity index (χ3n) is 4.52. The minimum atomic E-state index is -0.269. The smallest absolute Gasteiger partial charge is 0.410 e. The van der Waals surface area contributed by atoms with E-state index in [1.54, 1.807) is 4.90 Å². The van der Waals surface area contributed by atoms with Crippen LogP contribution < -0.4 is 0 Å². The van der Waals surface area contributed by atoms with Gasteiger partial charge >= 0.3 is 6.09 Å². The van der Waals surface area contributed by atoms with E-state index in [0.717, 1.165) is 18.3 Å². The maximum Gasteiger partial charge on any atom is 0.410 e. The fraction of sp³-hybridized carbons (Fsp3) is 0.778. The minimum absolute atomic E-state index is 0.0683. The lowest BCUT2D eigenvalue weighted by atomic mass is 9.74. The molecular weight excluding hydrogens is 278 g/mol. The summed E-state index contributed by atoms with van der Waals surface area (Å²) in [6.45, 7) is 14.1. The Morgan fingerprint density at radius 3 is 2.18 bits per heavy atom. The summed E-state index contributed by atoms with van der Waals surface area (Å²) in [5.74, 6) is 0.541. The van der Waals surface area contributed by atoms with Crippen LogP contribution >= 0.6 is 0 Å². The zero-order chi connectivity index (χ0) is 17.0. The minimum Gasteiger partial charge on any atom is -0.442 e. The molecule has 0 heterocycles. The molecule has 0 radical (unpaired) electrons. The Bertz CT molecular complexity index is 418. The van der Waals surface area contributed by atoms with Crippen LogP contribution in [0.1, 0.15) is 54.9 Å². The number of hydrogen-bond acceptors (Lipinski definition) is 3. The number of aldehydes is 1. The van der Waals surface area contributed by atoms with Gasteiger partial charge in [-0.25, -0.2) is 4.79 Å². The molecule has 0 aromatic carbocycles. The number of carbonyl (C=O) groups is 2. The van der Waals surface area contributed by atoms with Crippen molar-refractivity contribution >= 4 is 12.4 Å². The predicted octanol–water partition coefficient (Wildman–Crippen LogP) is 4.05. The Kier molecular flexibility index (Phi) is 6.64. The summed E-state index contributed by atoms with van der Waals surface area (Å²) in [5, 5.41) is 0. The number of amides is 1. The topological polar surface area (TPSA) is 46.6 Å². The molecule has 0 unspecified atom stereocenters. The number of rotatable bonds is 5. The summed E-state index contributed by atoms with van der Waals surface area (Å²) < 4.78 is 5.76. The van der Waals surface area contributed by atoms with Crippen molar-refractivity contribution in [1.82, 2.24) is 4.90 Å². The zero-order valence-electron chi connectivity index (χ0n) is 15.0. The largest absolute Gasteiger partial charge is 0.442 e. The first-order valence-corrected chi connectivity index (χ1v) is 8.31. The average molecular weight is 309 g/mol. The molecule has 1 aliphatic carbocycles. The van der Waals surface area contributed by atoms with Crippen LogP contribution in [0.15, 0.2) is 11.6 Å². The molecule has 0 aromatic rings. The Labute approximate surface area is 134 Å². The van der Waals surface area contributed by atoms with Crippen molar-refractivity contribution in [2.45, 2.75) is 73.1 Å². The van der Waals surface area contributed by atoms with Gasteiger partial charge in [0.2, 0.25) is 0 Å². The highest BCUT2D eigenvalue weighted by Crippen LogP contribution is 2.35. The Morgan fingerprint density at radius 1 is 1.23 bits per heavy atom. The van der Waals surface area contributed by atoms with Gasteiger partial charge in [0.05, 0.1) is 0 Å². The van der Waals surface area contributed by atoms with Crippen LogP contribution in [0.2, 0.25) is 0 Å². The van der Waals surface area contributed by atoms with Crippen molar-refractivity contribution in [3.8, 4) is 0 Å². The number of carbonyl (C=O) groups excluding carboxylic acids is 2. The number of allylic oxidation sites excluding steroid dienone is 1. The molecule has 0 aliphatic heterocycles. The Hall–Kier alpha value is -1.32. The molecule has 0 saturated carbocycles. The van der Waals surface area contributed by atoms with Crippen LogP contribution in [-0.4, -0.2) is 35.5 Å².